The maximum absolute atomic E-state index is 9.33. The average molecular weight is 378 g/mol. The topological polar surface area (TPSA) is 57.5 Å². The van der Waals surface area contributed by atoms with Crippen LogP contribution in [0, 0.1) is 0 Å². The lowest BCUT2D eigenvalue weighted by Gasteiger charge is -2.03. The van der Waals surface area contributed by atoms with Gasteiger partial charge in [0.2, 0.25) is 5.13 Å². The molecule has 3 aromatic rings. The first kappa shape index (κ1) is 16.8. The molecule has 7 heteroatoms. The summed E-state index contributed by atoms with van der Waals surface area (Å²) in [6.45, 7) is 1.88. The molecule has 0 aliphatic heterocycles. The van der Waals surface area contributed by atoms with Crippen LogP contribution in [0.15, 0.2) is 52.9 Å². The summed E-state index contributed by atoms with van der Waals surface area (Å²) >= 11 is 13.4. The van der Waals surface area contributed by atoms with E-state index in [1.54, 1.807) is 24.3 Å². The van der Waals surface area contributed by atoms with Gasteiger partial charge in [-0.3, -0.25) is 5.43 Å². The zero-order chi connectivity index (χ0) is 17.1. The number of hydrogen-bond acceptors (Lipinski definition) is 5. The molecule has 0 atom stereocenters. The van der Waals surface area contributed by atoms with Gasteiger partial charge in [0.15, 0.2) is 0 Å². The number of halogens is 2. The van der Waals surface area contributed by atoms with E-state index in [2.05, 4.69) is 15.5 Å². The number of hydrogen-bond donors (Lipinski definition) is 2. The molecule has 2 N–H and O–H groups in total. The molecule has 3 rings (SSSR count). The van der Waals surface area contributed by atoms with Crippen molar-refractivity contribution in [2.45, 2.75) is 6.92 Å². The van der Waals surface area contributed by atoms with Crippen LogP contribution in [0.5, 0.6) is 5.75 Å². The van der Waals surface area contributed by atoms with E-state index in [4.69, 9.17) is 23.2 Å². The first-order chi connectivity index (χ1) is 11.5. The van der Waals surface area contributed by atoms with Crippen LogP contribution in [-0.4, -0.2) is 15.8 Å². The fraction of sp³-hybridized carbons (Fsp3) is 0.0588. The van der Waals surface area contributed by atoms with Crippen molar-refractivity contribution in [3.8, 4) is 17.0 Å². The van der Waals surface area contributed by atoms with Crippen molar-refractivity contribution in [3.63, 3.8) is 0 Å². The first-order valence-electron chi connectivity index (χ1n) is 7.03. The first-order valence-corrected chi connectivity index (χ1v) is 8.67. The number of anilines is 1. The Morgan fingerprint density at radius 3 is 2.58 bits per heavy atom. The standard InChI is InChI=1S/C17H13Cl2N3OS/c1-10(12-4-7-14(18)15(19)8-12)21-22-17-20-16(9-24-17)11-2-5-13(23)6-3-11/h2-9,23H,1H3,(H,20,22)/b21-10+. The Morgan fingerprint density at radius 2 is 1.88 bits per heavy atom. The molecule has 0 aliphatic rings. The van der Waals surface area contributed by atoms with Gasteiger partial charge in [-0.15, -0.1) is 11.3 Å². The van der Waals surface area contributed by atoms with Gasteiger partial charge in [-0.25, -0.2) is 4.98 Å². The molecule has 0 aliphatic carbocycles. The fourth-order valence-corrected chi connectivity index (χ4v) is 2.97. The minimum Gasteiger partial charge on any atom is -0.508 e. The van der Waals surface area contributed by atoms with Crippen molar-refractivity contribution in [1.29, 1.82) is 0 Å². The number of thiazole rings is 1. The molecule has 1 aromatic heterocycles. The quantitative estimate of drug-likeness (QED) is 0.455. The van der Waals surface area contributed by atoms with E-state index in [0.717, 1.165) is 22.5 Å². The van der Waals surface area contributed by atoms with E-state index in [0.29, 0.717) is 15.2 Å². The molecular weight excluding hydrogens is 365 g/mol. The molecule has 122 valence electrons. The Kier molecular flexibility index (Phi) is 5.04. The molecule has 1 heterocycles. The maximum atomic E-state index is 9.33. The normalized spacial score (nSPS) is 11.5. The van der Waals surface area contributed by atoms with Gasteiger partial charge >= 0.3 is 0 Å². The van der Waals surface area contributed by atoms with Gasteiger partial charge in [-0.1, -0.05) is 29.3 Å². The molecule has 4 nitrogen and oxygen atoms in total. The second-order valence-corrected chi connectivity index (χ2v) is 6.70. The van der Waals surface area contributed by atoms with Crippen LogP contribution in [0.3, 0.4) is 0 Å². The van der Waals surface area contributed by atoms with Gasteiger partial charge in [0.05, 0.1) is 21.5 Å². The van der Waals surface area contributed by atoms with Crippen LogP contribution in [-0.2, 0) is 0 Å². The van der Waals surface area contributed by atoms with Crippen molar-refractivity contribution < 1.29 is 5.11 Å². The molecule has 0 spiro atoms. The Bertz CT molecular complexity index is 891. The number of hydrazone groups is 1. The number of aromatic hydroxyl groups is 1. The Labute approximate surface area is 153 Å². The van der Waals surface area contributed by atoms with Crippen LogP contribution in [0.4, 0.5) is 5.13 Å². The molecule has 0 fully saturated rings. The molecule has 24 heavy (non-hydrogen) atoms. The lowest BCUT2D eigenvalue weighted by molar-refractivity contribution is 0.475. The van der Waals surface area contributed by atoms with E-state index in [1.807, 2.05) is 30.5 Å². The second kappa shape index (κ2) is 7.21. The molecular formula is C17H13Cl2N3OS. The van der Waals surface area contributed by atoms with Crippen LogP contribution >= 0.6 is 34.5 Å². The fourth-order valence-electron chi connectivity index (χ4n) is 2.01. The van der Waals surface area contributed by atoms with Crippen LogP contribution in [0.2, 0.25) is 10.0 Å². The zero-order valence-corrected chi connectivity index (χ0v) is 15.0. The van der Waals surface area contributed by atoms with Crippen molar-refractivity contribution >= 4 is 45.4 Å². The number of nitrogens with zero attached hydrogens (tertiary/aromatic N) is 2. The van der Waals surface area contributed by atoms with E-state index in [1.165, 1.54) is 11.3 Å². The van der Waals surface area contributed by atoms with Crippen molar-refractivity contribution in [2.75, 3.05) is 5.43 Å². The van der Waals surface area contributed by atoms with Crippen LogP contribution in [0.1, 0.15) is 12.5 Å². The molecule has 0 unspecified atom stereocenters. The third-order valence-electron chi connectivity index (χ3n) is 3.32. The van der Waals surface area contributed by atoms with Gasteiger partial charge < -0.3 is 5.11 Å². The largest absolute Gasteiger partial charge is 0.508 e. The lowest BCUT2D eigenvalue weighted by atomic mass is 10.1. The number of rotatable bonds is 4. The monoisotopic (exact) mass is 377 g/mol. The molecule has 0 saturated carbocycles. The molecule has 0 amide bonds. The summed E-state index contributed by atoms with van der Waals surface area (Å²) in [6.07, 6.45) is 0. The van der Waals surface area contributed by atoms with Gasteiger partial charge in [-0.2, -0.15) is 5.10 Å². The van der Waals surface area contributed by atoms with Crippen LogP contribution < -0.4 is 5.43 Å². The number of aromatic nitrogens is 1. The number of phenols is 1. The lowest BCUT2D eigenvalue weighted by Crippen LogP contribution is -1.99. The zero-order valence-electron chi connectivity index (χ0n) is 12.6. The van der Waals surface area contributed by atoms with Gasteiger partial charge in [0, 0.05) is 10.9 Å². The Balaban J connectivity index is 1.74. The highest BCUT2D eigenvalue weighted by atomic mass is 35.5. The minimum atomic E-state index is 0.231. The SMILES string of the molecule is C/C(=N\Nc1nc(-c2ccc(O)cc2)cs1)c1ccc(Cl)c(Cl)c1. The third kappa shape index (κ3) is 3.87. The summed E-state index contributed by atoms with van der Waals surface area (Å²) in [4.78, 5) is 4.48. The third-order valence-corrected chi connectivity index (χ3v) is 4.81. The number of phenolic OH excluding ortho intramolecular Hbond substituents is 1. The van der Waals surface area contributed by atoms with Crippen LogP contribution in [0.25, 0.3) is 11.3 Å². The average Bonchev–Trinajstić information content (AvgIpc) is 3.05. The molecule has 0 saturated heterocycles. The Morgan fingerprint density at radius 1 is 1.12 bits per heavy atom. The van der Waals surface area contributed by atoms with E-state index in [9.17, 15) is 5.11 Å². The summed E-state index contributed by atoms with van der Waals surface area (Å²) in [5.41, 5.74) is 6.36. The predicted molar refractivity (Wildman–Crippen MR) is 102 cm³/mol. The highest BCUT2D eigenvalue weighted by molar-refractivity contribution is 7.14. The van der Waals surface area contributed by atoms with Crippen molar-refractivity contribution in [1.82, 2.24) is 4.98 Å². The molecule has 0 bridgehead atoms. The summed E-state index contributed by atoms with van der Waals surface area (Å²) in [7, 11) is 0. The highest BCUT2D eigenvalue weighted by Gasteiger charge is 2.05. The van der Waals surface area contributed by atoms with Gasteiger partial charge in [0.1, 0.15) is 5.75 Å². The summed E-state index contributed by atoms with van der Waals surface area (Å²) in [5.74, 6) is 0.231. The van der Waals surface area contributed by atoms with Gasteiger partial charge in [0.25, 0.3) is 0 Å². The van der Waals surface area contributed by atoms with E-state index < -0.39 is 0 Å². The Hall–Kier alpha value is -2.08. The number of benzene rings is 2. The predicted octanol–water partition coefficient (Wildman–Crippen LogP) is 5.66. The number of nitrogens with one attached hydrogen (secondary N) is 1. The van der Waals surface area contributed by atoms with Crippen molar-refractivity contribution in [2.24, 2.45) is 5.10 Å². The summed E-state index contributed by atoms with van der Waals surface area (Å²) < 4.78 is 0. The highest BCUT2D eigenvalue weighted by Crippen LogP contribution is 2.26. The molecule has 2 aromatic carbocycles. The van der Waals surface area contributed by atoms with E-state index >= 15 is 0 Å². The smallest absolute Gasteiger partial charge is 0.203 e. The minimum absolute atomic E-state index is 0.231. The van der Waals surface area contributed by atoms with Crippen molar-refractivity contribution in [3.05, 3.63) is 63.5 Å². The second-order valence-electron chi connectivity index (χ2n) is 5.02. The van der Waals surface area contributed by atoms with E-state index in [-0.39, 0.29) is 5.75 Å². The summed E-state index contributed by atoms with van der Waals surface area (Å²) in [6, 6.07) is 12.3. The maximum Gasteiger partial charge on any atom is 0.203 e. The summed E-state index contributed by atoms with van der Waals surface area (Å²) in [5, 5.41) is 17.3. The van der Waals surface area contributed by atoms with Gasteiger partial charge in [-0.05, 0) is 48.9 Å². The molecule has 0 radical (unpaired) electrons.